The quantitative estimate of drug-likeness (QED) is 0.669. The number of hydrogen-bond donors (Lipinski definition) is 1. The van der Waals surface area contributed by atoms with Crippen LogP contribution in [0, 0.1) is 6.92 Å². The lowest BCUT2D eigenvalue weighted by molar-refractivity contribution is 0.310. The first-order chi connectivity index (χ1) is 8.34. The van der Waals surface area contributed by atoms with Gasteiger partial charge in [0.25, 0.3) is 0 Å². The zero-order valence-electron chi connectivity index (χ0n) is 11.0. The smallest absolute Gasteiger partial charge is 0.140 e. The number of nitrogens with one attached hydrogen (secondary N) is 1. The molecule has 1 heterocycles. The van der Waals surface area contributed by atoms with Crippen LogP contribution >= 0.6 is 0 Å². The molecule has 0 aromatic carbocycles. The lowest BCUT2D eigenvalue weighted by atomic mass is 10.2. The Kier molecular flexibility index (Phi) is 7.39. The summed E-state index contributed by atoms with van der Waals surface area (Å²) in [6.07, 6.45) is 7.01. The van der Waals surface area contributed by atoms with E-state index in [-0.39, 0.29) is 0 Å². The topological polar surface area (TPSA) is 34.1 Å². The highest BCUT2D eigenvalue weighted by atomic mass is 16.5. The van der Waals surface area contributed by atoms with E-state index in [1.807, 2.05) is 19.1 Å². The standard InChI is InChI=1S/C14H24N2O/c1-3-4-5-6-9-15-11-12-17-14-8-7-10-16-13(14)2/h7-8,10,15H,3-6,9,11-12H2,1-2H3. The molecular weight excluding hydrogens is 212 g/mol. The van der Waals surface area contributed by atoms with E-state index in [4.69, 9.17) is 4.74 Å². The summed E-state index contributed by atoms with van der Waals surface area (Å²) in [4.78, 5) is 4.18. The SMILES string of the molecule is CCCCCCNCCOc1cccnc1C. The molecule has 0 aliphatic heterocycles. The molecule has 0 radical (unpaired) electrons. The van der Waals surface area contributed by atoms with Crippen LogP contribution in [0.4, 0.5) is 0 Å². The van der Waals surface area contributed by atoms with E-state index in [0.29, 0.717) is 6.61 Å². The van der Waals surface area contributed by atoms with Gasteiger partial charge in [-0.05, 0) is 32.0 Å². The van der Waals surface area contributed by atoms with Gasteiger partial charge in [-0.2, -0.15) is 0 Å². The molecule has 0 atom stereocenters. The minimum atomic E-state index is 0.709. The highest BCUT2D eigenvalue weighted by Gasteiger charge is 1.97. The van der Waals surface area contributed by atoms with Crippen molar-refractivity contribution in [2.24, 2.45) is 0 Å². The molecule has 0 aliphatic rings. The summed E-state index contributed by atoms with van der Waals surface area (Å²) in [6, 6.07) is 3.87. The average molecular weight is 236 g/mol. The Labute approximate surface area is 105 Å². The van der Waals surface area contributed by atoms with Crippen LogP contribution in [0.1, 0.15) is 38.3 Å². The van der Waals surface area contributed by atoms with E-state index in [1.165, 1.54) is 25.7 Å². The molecular formula is C14H24N2O. The van der Waals surface area contributed by atoms with Crippen LogP contribution in [-0.4, -0.2) is 24.7 Å². The minimum Gasteiger partial charge on any atom is -0.490 e. The lowest BCUT2D eigenvalue weighted by Gasteiger charge is -2.08. The third-order valence-corrected chi connectivity index (χ3v) is 2.70. The lowest BCUT2D eigenvalue weighted by Crippen LogP contribution is -2.22. The maximum absolute atomic E-state index is 5.64. The summed E-state index contributed by atoms with van der Waals surface area (Å²) in [6.45, 7) is 6.90. The zero-order chi connectivity index (χ0) is 12.3. The van der Waals surface area contributed by atoms with Crippen LogP contribution in [0.2, 0.25) is 0 Å². The Bertz CT molecular complexity index is 302. The molecule has 0 unspecified atom stereocenters. The molecule has 17 heavy (non-hydrogen) atoms. The molecule has 1 N–H and O–H groups in total. The summed E-state index contributed by atoms with van der Waals surface area (Å²) >= 11 is 0. The van der Waals surface area contributed by atoms with Gasteiger partial charge in [0, 0.05) is 12.7 Å². The van der Waals surface area contributed by atoms with Gasteiger partial charge >= 0.3 is 0 Å². The van der Waals surface area contributed by atoms with Crippen molar-refractivity contribution in [3.8, 4) is 5.75 Å². The van der Waals surface area contributed by atoms with E-state index in [2.05, 4.69) is 17.2 Å². The first-order valence-corrected chi connectivity index (χ1v) is 6.59. The number of aryl methyl sites for hydroxylation is 1. The third-order valence-electron chi connectivity index (χ3n) is 2.70. The summed E-state index contributed by atoms with van der Waals surface area (Å²) in [7, 11) is 0. The monoisotopic (exact) mass is 236 g/mol. The van der Waals surface area contributed by atoms with Crippen LogP contribution in [0.15, 0.2) is 18.3 Å². The van der Waals surface area contributed by atoms with Gasteiger partial charge in [0.2, 0.25) is 0 Å². The van der Waals surface area contributed by atoms with Crippen LogP contribution < -0.4 is 10.1 Å². The minimum absolute atomic E-state index is 0.709. The summed E-state index contributed by atoms with van der Waals surface area (Å²) in [5, 5.41) is 3.39. The number of ether oxygens (including phenoxy) is 1. The van der Waals surface area contributed by atoms with Crippen molar-refractivity contribution in [3.63, 3.8) is 0 Å². The molecule has 0 fully saturated rings. The normalized spacial score (nSPS) is 10.5. The summed E-state index contributed by atoms with van der Waals surface area (Å²) < 4.78 is 5.64. The molecule has 1 aromatic heterocycles. The fourth-order valence-electron chi connectivity index (χ4n) is 1.66. The second-order valence-electron chi connectivity index (χ2n) is 4.25. The molecule has 1 aromatic rings. The number of rotatable bonds is 9. The van der Waals surface area contributed by atoms with Gasteiger partial charge in [-0.3, -0.25) is 4.98 Å². The molecule has 1 rings (SSSR count). The zero-order valence-corrected chi connectivity index (χ0v) is 11.0. The Balaban J connectivity index is 1.99. The Morgan fingerprint density at radius 3 is 2.88 bits per heavy atom. The first-order valence-electron chi connectivity index (χ1n) is 6.59. The molecule has 3 nitrogen and oxygen atoms in total. The number of nitrogens with zero attached hydrogens (tertiary/aromatic N) is 1. The van der Waals surface area contributed by atoms with Gasteiger partial charge in [0.05, 0.1) is 5.69 Å². The van der Waals surface area contributed by atoms with Gasteiger partial charge in [0.1, 0.15) is 12.4 Å². The second-order valence-corrected chi connectivity index (χ2v) is 4.25. The largest absolute Gasteiger partial charge is 0.490 e. The second kappa shape index (κ2) is 8.99. The van der Waals surface area contributed by atoms with Gasteiger partial charge in [0.15, 0.2) is 0 Å². The number of hydrogen-bond acceptors (Lipinski definition) is 3. The first kappa shape index (κ1) is 14.0. The van der Waals surface area contributed by atoms with Crippen LogP contribution in [-0.2, 0) is 0 Å². The van der Waals surface area contributed by atoms with Gasteiger partial charge in [-0.25, -0.2) is 0 Å². The van der Waals surface area contributed by atoms with Crippen LogP contribution in [0.5, 0.6) is 5.75 Å². The van der Waals surface area contributed by atoms with E-state index >= 15 is 0 Å². The van der Waals surface area contributed by atoms with Gasteiger partial charge in [-0.15, -0.1) is 0 Å². The van der Waals surface area contributed by atoms with Crippen molar-refractivity contribution in [2.45, 2.75) is 39.5 Å². The van der Waals surface area contributed by atoms with Crippen molar-refractivity contribution >= 4 is 0 Å². The molecule has 96 valence electrons. The summed E-state index contributed by atoms with van der Waals surface area (Å²) in [5.41, 5.74) is 0.954. The fraction of sp³-hybridized carbons (Fsp3) is 0.643. The third kappa shape index (κ3) is 6.27. The van der Waals surface area contributed by atoms with E-state index in [1.54, 1.807) is 6.20 Å². The predicted molar refractivity (Wildman–Crippen MR) is 71.5 cm³/mol. The Hall–Kier alpha value is -1.09. The maximum Gasteiger partial charge on any atom is 0.140 e. The molecule has 0 amide bonds. The Morgan fingerprint density at radius 2 is 2.12 bits per heavy atom. The maximum atomic E-state index is 5.64. The van der Waals surface area contributed by atoms with E-state index < -0.39 is 0 Å². The highest BCUT2D eigenvalue weighted by molar-refractivity contribution is 5.25. The molecule has 3 heteroatoms. The molecule has 0 aliphatic carbocycles. The number of unbranched alkanes of at least 4 members (excludes halogenated alkanes) is 3. The average Bonchev–Trinajstić information content (AvgIpc) is 2.35. The fourth-order valence-corrected chi connectivity index (χ4v) is 1.66. The molecule has 0 saturated heterocycles. The number of pyridine rings is 1. The molecule has 0 spiro atoms. The van der Waals surface area contributed by atoms with Gasteiger partial charge < -0.3 is 10.1 Å². The van der Waals surface area contributed by atoms with Crippen molar-refractivity contribution in [1.82, 2.24) is 10.3 Å². The molecule has 0 saturated carbocycles. The van der Waals surface area contributed by atoms with Crippen LogP contribution in [0.3, 0.4) is 0 Å². The number of aromatic nitrogens is 1. The van der Waals surface area contributed by atoms with Gasteiger partial charge in [-0.1, -0.05) is 26.2 Å². The molecule has 0 bridgehead atoms. The summed E-state index contributed by atoms with van der Waals surface area (Å²) in [5.74, 6) is 0.889. The highest BCUT2D eigenvalue weighted by Crippen LogP contribution is 2.12. The Morgan fingerprint density at radius 1 is 1.24 bits per heavy atom. The van der Waals surface area contributed by atoms with Crippen molar-refractivity contribution in [1.29, 1.82) is 0 Å². The predicted octanol–water partition coefficient (Wildman–Crippen LogP) is 2.94. The van der Waals surface area contributed by atoms with Crippen LogP contribution in [0.25, 0.3) is 0 Å². The van der Waals surface area contributed by atoms with Crippen molar-refractivity contribution in [2.75, 3.05) is 19.7 Å². The van der Waals surface area contributed by atoms with E-state index in [0.717, 1.165) is 24.5 Å². The van der Waals surface area contributed by atoms with E-state index in [9.17, 15) is 0 Å². The van der Waals surface area contributed by atoms with Crippen molar-refractivity contribution < 1.29 is 4.74 Å². The van der Waals surface area contributed by atoms with Crippen molar-refractivity contribution in [3.05, 3.63) is 24.0 Å².